The molecule has 0 unspecified atom stereocenters. The van der Waals surface area contributed by atoms with Gasteiger partial charge in [0.05, 0.1) is 33.6 Å². The number of rotatable bonds is 11. The Labute approximate surface area is 344 Å². The zero-order chi connectivity index (χ0) is 41.4. The highest BCUT2D eigenvalue weighted by molar-refractivity contribution is 7.87. The number of methoxy groups -OCH3 is 2. The summed E-state index contributed by atoms with van der Waals surface area (Å²) in [4.78, 5) is 0. The van der Waals surface area contributed by atoms with Crippen LogP contribution in [0.15, 0.2) is 84.9 Å². The minimum atomic E-state index is -2.22. The van der Waals surface area contributed by atoms with Crippen LogP contribution in [0.1, 0.15) is 160 Å². The van der Waals surface area contributed by atoms with Crippen LogP contribution in [0.5, 0.6) is 11.5 Å². The van der Waals surface area contributed by atoms with Crippen LogP contribution < -0.4 is 20.1 Å². The van der Waals surface area contributed by atoms with E-state index in [2.05, 4.69) is 179 Å². The molecule has 1 fully saturated rings. The normalized spacial score (nSPS) is 17.8. The van der Waals surface area contributed by atoms with E-state index in [1.165, 1.54) is 44.0 Å². The van der Waals surface area contributed by atoms with Crippen LogP contribution in [-0.4, -0.2) is 25.2 Å². The first-order chi connectivity index (χ1) is 26.1. The van der Waals surface area contributed by atoms with Gasteiger partial charge in [-0.05, 0) is 94.3 Å². The molecule has 4 aromatic rings. The lowest BCUT2D eigenvalue weighted by atomic mass is 9.79. The van der Waals surface area contributed by atoms with Gasteiger partial charge in [0.15, 0.2) is 0 Å². The van der Waals surface area contributed by atoms with Crippen LogP contribution in [0.3, 0.4) is 0 Å². The van der Waals surface area contributed by atoms with E-state index in [1.807, 2.05) is 14.2 Å². The summed E-state index contributed by atoms with van der Waals surface area (Å²) in [5.41, 5.74) is 8.16. The lowest BCUT2D eigenvalue weighted by molar-refractivity contribution is 0.381. The largest absolute Gasteiger partial charge is 0.496 e. The molecule has 2 atom stereocenters. The monoisotopic (exact) mass is 794 g/mol. The molecule has 0 radical (unpaired) electrons. The molecule has 1 heterocycles. The number of hydrogen-bond acceptors (Lipinski definition) is 3. The van der Waals surface area contributed by atoms with Crippen molar-refractivity contribution < 1.29 is 9.47 Å². The van der Waals surface area contributed by atoms with Crippen LogP contribution in [0.4, 0.5) is 0 Å². The van der Waals surface area contributed by atoms with E-state index in [4.69, 9.17) is 16.1 Å². The Morgan fingerprint density at radius 1 is 0.589 bits per heavy atom. The van der Waals surface area contributed by atoms with Crippen molar-refractivity contribution in [2.75, 3.05) is 20.8 Å². The molecule has 1 aliphatic rings. The highest BCUT2D eigenvalue weighted by Gasteiger charge is 2.56. The molecule has 0 N–H and O–H groups in total. The predicted octanol–water partition coefficient (Wildman–Crippen LogP) is 14.3. The zero-order valence-corrected chi connectivity index (χ0v) is 39.4. The van der Waals surface area contributed by atoms with Gasteiger partial charge in [0.2, 0.25) is 0 Å². The van der Waals surface area contributed by atoms with Crippen molar-refractivity contribution in [3.05, 3.63) is 125 Å². The summed E-state index contributed by atoms with van der Waals surface area (Å²) in [7, 11) is 0.390. The minimum Gasteiger partial charge on any atom is -0.496 e. The molecule has 5 rings (SSSR count). The fourth-order valence-corrected chi connectivity index (χ4v) is 17.8. The summed E-state index contributed by atoms with van der Waals surface area (Å²) < 4.78 is 15.8. The van der Waals surface area contributed by atoms with Gasteiger partial charge in [-0.15, -0.1) is 0 Å². The summed E-state index contributed by atoms with van der Waals surface area (Å²) >= 11 is 0. The van der Waals surface area contributed by atoms with Gasteiger partial charge in [0.1, 0.15) is 11.5 Å². The van der Waals surface area contributed by atoms with E-state index >= 15 is 0 Å². The van der Waals surface area contributed by atoms with Crippen LogP contribution in [0, 0.1) is 6.66 Å². The molecular weight excluding hydrogens is 721 g/mol. The van der Waals surface area contributed by atoms with Crippen molar-refractivity contribution >= 4 is 26.1 Å². The first-order valence-corrected chi connectivity index (χ1v) is 24.3. The topological polar surface area (TPSA) is 21.7 Å². The third-order valence-corrected chi connectivity index (χ3v) is 19.8. The molecular formula is C51H73NO2P2. The van der Waals surface area contributed by atoms with Crippen molar-refractivity contribution in [2.24, 2.45) is 0 Å². The van der Waals surface area contributed by atoms with Crippen LogP contribution >= 0.6 is 15.5 Å². The van der Waals surface area contributed by atoms with E-state index in [-0.39, 0.29) is 21.7 Å². The maximum absolute atomic E-state index is 6.39. The van der Waals surface area contributed by atoms with Crippen molar-refractivity contribution in [3.8, 4) is 11.5 Å². The highest BCUT2D eigenvalue weighted by Crippen LogP contribution is 2.88. The van der Waals surface area contributed by atoms with Crippen molar-refractivity contribution in [2.45, 2.75) is 149 Å². The summed E-state index contributed by atoms with van der Waals surface area (Å²) in [5, 5.41) is 2.79. The van der Waals surface area contributed by atoms with Gasteiger partial charge in [-0.1, -0.05) is 157 Å². The molecule has 304 valence electrons. The molecule has 0 aliphatic carbocycles. The van der Waals surface area contributed by atoms with E-state index in [0.29, 0.717) is 11.3 Å². The molecule has 0 aromatic heterocycles. The number of hydrogen-bond donors (Lipinski definition) is 0. The Balaban J connectivity index is 2.00. The predicted molar refractivity (Wildman–Crippen MR) is 248 cm³/mol. The molecule has 1 saturated heterocycles. The molecule has 3 nitrogen and oxygen atoms in total. The molecule has 5 heteroatoms. The maximum atomic E-state index is 6.39. The Kier molecular flexibility index (Phi) is 13.4. The Hall–Kier alpha value is -2.70. The van der Waals surface area contributed by atoms with E-state index in [1.54, 1.807) is 0 Å². The van der Waals surface area contributed by atoms with Gasteiger partial charge in [-0.2, -0.15) is 11.1 Å². The summed E-state index contributed by atoms with van der Waals surface area (Å²) in [5.74, 6) is 2.04. The van der Waals surface area contributed by atoms with Gasteiger partial charge in [0, 0.05) is 28.8 Å². The van der Waals surface area contributed by atoms with Crippen molar-refractivity contribution in [1.82, 2.24) is 4.44 Å². The SMILES string of the molecule is [CH2-][P+]1(N(CCCC)P(c2cc(C(C)(C)C)c(OC)c(C(C)(C)C)c2)c2cc(C(C)(C)C)c(OC)c(C(C)(C)C)c2)[C@@H](c2ccccc2)CC[C@@H]1c1ccccc1. The first kappa shape index (κ1) is 44.4. The molecule has 4 aromatic carbocycles. The van der Waals surface area contributed by atoms with Crippen LogP contribution in [-0.2, 0) is 21.7 Å². The first-order valence-electron chi connectivity index (χ1n) is 21.0. The Morgan fingerprint density at radius 2 is 0.911 bits per heavy atom. The molecule has 0 bridgehead atoms. The third kappa shape index (κ3) is 8.97. The van der Waals surface area contributed by atoms with Crippen molar-refractivity contribution in [3.63, 3.8) is 0 Å². The smallest absolute Gasteiger partial charge is 0.126 e. The third-order valence-electron chi connectivity index (χ3n) is 11.8. The minimum absolute atomic E-state index is 0.131. The second-order valence-corrected chi connectivity index (χ2v) is 26.2. The Morgan fingerprint density at radius 3 is 1.18 bits per heavy atom. The fraction of sp³-hybridized carbons (Fsp3) is 0.510. The van der Waals surface area contributed by atoms with Crippen molar-refractivity contribution in [1.29, 1.82) is 0 Å². The van der Waals surface area contributed by atoms with Crippen LogP contribution in [0.25, 0.3) is 0 Å². The second kappa shape index (κ2) is 16.9. The number of benzene rings is 4. The summed E-state index contributed by atoms with van der Waals surface area (Å²) in [6.45, 7) is 37.1. The lowest BCUT2D eigenvalue weighted by Gasteiger charge is -2.49. The average molecular weight is 794 g/mol. The maximum Gasteiger partial charge on any atom is 0.126 e. The van der Waals surface area contributed by atoms with E-state index < -0.39 is 15.5 Å². The molecule has 56 heavy (non-hydrogen) atoms. The Bertz CT molecular complexity index is 1720. The van der Waals surface area contributed by atoms with Gasteiger partial charge in [0.25, 0.3) is 0 Å². The highest BCUT2D eigenvalue weighted by atomic mass is 31.2. The zero-order valence-electron chi connectivity index (χ0n) is 37.6. The number of unbranched alkanes of at least 4 members (excludes halogenated alkanes) is 1. The average Bonchev–Trinajstić information content (AvgIpc) is 3.48. The number of ether oxygens (including phenoxy) is 2. The van der Waals surface area contributed by atoms with E-state index in [0.717, 1.165) is 43.7 Å². The number of nitrogens with zero attached hydrogens (tertiary/aromatic N) is 1. The summed E-state index contributed by atoms with van der Waals surface area (Å²) in [6.07, 6.45) is 4.51. The van der Waals surface area contributed by atoms with Gasteiger partial charge in [-0.25, -0.2) is 0 Å². The second-order valence-electron chi connectivity index (χ2n) is 20.2. The molecule has 0 spiro atoms. The molecule has 1 aliphatic heterocycles. The van der Waals surface area contributed by atoms with Crippen LogP contribution in [0.2, 0.25) is 0 Å². The van der Waals surface area contributed by atoms with E-state index in [9.17, 15) is 0 Å². The fourth-order valence-electron chi connectivity index (χ4n) is 8.81. The quantitative estimate of drug-likeness (QED) is 0.112. The van der Waals surface area contributed by atoms with Gasteiger partial charge in [-0.3, -0.25) is 0 Å². The lowest BCUT2D eigenvalue weighted by Crippen LogP contribution is -2.34. The van der Waals surface area contributed by atoms with Gasteiger partial charge < -0.3 is 9.47 Å². The summed E-state index contributed by atoms with van der Waals surface area (Å²) in [6, 6.07) is 32.9. The molecule has 0 saturated carbocycles. The van der Waals surface area contributed by atoms with Gasteiger partial charge >= 0.3 is 0 Å². The molecule has 0 amide bonds. The standard InChI is InChI=1S/C51H73NO2P2/c1-17-18-31-52(56(16)44(36-25-21-19-22-26-36)29-30-45(56)37-27-23-20-24-28-37)55(38-32-40(48(2,3)4)46(53-14)41(33-38)49(5,6)7)39-34-42(50(8,9)10)47(54-15)43(35-39)51(11,12)13/h19-28,32-35,44-45H,16-18,29-31H2,1-15H3/t44-,45-/m1/s1.